The van der Waals surface area contributed by atoms with Crippen LogP contribution >= 0.6 is 0 Å². The largest absolute Gasteiger partial charge is 0.489 e. The van der Waals surface area contributed by atoms with Crippen LogP contribution in [0.5, 0.6) is 5.75 Å². The molecule has 148 valence electrons. The van der Waals surface area contributed by atoms with Gasteiger partial charge in [0.05, 0.1) is 11.9 Å². The first kappa shape index (κ1) is 19.9. The average molecular weight is 380 g/mol. The molecule has 1 atom stereocenters. The first-order chi connectivity index (χ1) is 13.3. The summed E-state index contributed by atoms with van der Waals surface area (Å²) in [7, 11) is 0. The number of fused-ring (bicyclic) bond motifs is 1. The van der Waals surface area contributed by atoms with Gasteiger partial charge in [-0.25, -0.2) is 0 Å². The molecule has 0 aliphatic rings. The van der Waals surface area contributed by atoms with E-state index < -0.39 is 5.97 Å². The van der Waals surface area contributed by atoms with E-state index in [1.807, 2.05) is 35.9 Å². The van der Waals surface area contributed by atoms with Crippen LogP contribution in [0, 0.1) is 12.8 Å². The number of carboxylic acids is 1. The number of aliphatic carboxylic acids is 1. The number of nitrogens with zero attached hydrogens (tertiary/aromatic N) is 2. The summed E-state index contributed by atoms with van der Waals surface area (Å²) in [6, 6.07) is 11.9. The fourth-order valence-electron chi connectivity index (χ4n) is 3.43. The van der Waals surface area contributed by atoms with E-state index in [9.17, 15) is 4.79 Å². The lowest BCUT2D eigenvalue weighted by Crippen LogP contribution is -2.04. The Labute approximate surface area is 165 Å². The van der Waals surface area contributed by atoms with E-state index in [0.717, 1.165) is 39.9 Å². The number of rotatable bonds is 8. The summed E-state index contributed by atoms with van der Waals surface area (Å²) >= 11 is 0. The van der Waals surface area contributed by atoms with Crippen LogP contribution < -0.4 is 4.74 Å². The second-order valence-corrected chi connectivity index (χ2v) is 7.95. The molecule has 5 nitrogen and oxygen atoms in total. The maximum absolute atomic E-state index is 10.9. The summed E-state index contributed by atoms with van der Waals surface area (Å²) in [6.07, 6.45) is 2.23. The van der Waals surface area contributed by atoms with Crippen LogP contribution in [0.4, 0.5) is 0 Å². The Morgan fingerprint density at radius 2 is 1.89 bits per heavy atom. The molecule has 1 N–H and O–H groups in total. The van der Waals surface area contributed by atoms with Crippen LogP contribution in [0.15, 0.2) is 42.6 Å². The number of carboxylic acid groups (broad SMARTS) is 1. The summed E-state index contributed by atoms with van der Waals surface area (Å²) < 4.78 is 7.96. The van der Waals surface area contributed by atoms with E-state index >= 15 is 0 Å². The molecule has 0 fully saturated rings. The summed E-state index contributed by atoms with van der Waals surface area (Å²) in [4.78, 5) is 10.9. The Hall–Kier alpha value is -2.82. The quantitative estimate of drug-likeness (QED) is 0.586. The van der Waals surface area contributed by atoms with Crippen LogP contribution in [0.1, 0.15) is 49.8 Å². The van der Waals surface area contributed by atoms with Gasteiger partial charge < -0.3 is 9.84 Å². The van der Waals surface area contributed by atoms with Gasteiger partial charge in [-0.3, -0.25) is 9.48 Å². The summed E-state index contributed by atoms with van der Waals surface area (Å²) in [5, 5.41) is 14.8. The van der Waals surface area contributed by atoms with Gasteiger partial charge in [-0.05, 0) is 53.6 Å². The van der Waals surface area contributed by atoms with Gasteiger partial charge in [0.1, 0.15) is 12.4 Å². The van der Waals surface area contributed by atoms with Crippen molar-refractivity contribution < 1.29 is 14.6 Å². The van der Waals surface area contributed by atoms with Crippen LogP contribution in [0.2, 0.25) is 0 Å². The zero-order chi connectivity index (χ0) is 20.3. The molecule has 1 heterocycles. The molecule has 5 heteroatoms. The Kier molecular flexibility index (Phi) is 6.02. The third-order valence-electron chi connectivity index (χ3n) is 4.79. The molecule has 3 rings (SSSR count). The molecular weight excluding hydrogens is 352 g/mol. The van der Waals surface area contributed by atoms with Gasteiger partial charge in [-0.15, -0.1) is 0 Å². The molecule has 0 radical (unpaired) electrons. The predicted molar refractivity (Wildman–Crippen MR) is 111 cm³/mol. The molecule has 1 unspecified atom stereocenters. The molecule has 0 saturated heterocycles. The maximum Gasteiger partial charge on any atom is 0.303 e. The van der Waals surface area contributed by atoms with Crippen molar-refractivity contribution in [2.45, 2.75) is 53.2 Å². The Balaban J connectivity index is 1.68. The number of benzene rings is 2. The fraction of sp³-hybridized carbons (Fsp3) is 0.391. The highest BCUT2D eigenvalue weighted by molar-refractivity contribution is 5.82. The monoisotopic (exact) mass is 380 g/mol. The molecule has 1 aromatic heterocycles. The molecule has 0 spiro atoms. The molecule has 0 aliphatic heterocycles. The van der Waals surface area contributed by atoms with Crippen molar-refractivity contribution in [3.05, 3.63) is 59.3 Å². The highest BCUT2D eigenvalue weighted by Gasteiger charge is 2.11. The van der Waals surface area contributed by atoms with Gasteiger partial charge in [0.15, 0.2) is 0 Å². The SMILES string of the molecule is Cc1cc(COc2ccc(C(C)CC(=O)O)cc2)cc2cn(CC(C)C)nc12. The van der Waals surface area contributed by atoms with Crippen LogP contribution in [-0.4, -0.2) is 20.9 Å². The Morgan fingerprint density at radius 1 is 1.18 bits per heavy atom. The van der Waals surface area contributed by atoms with Crippen molar-refractivity contribution in [1.29, 1.82) is 0 Å². The van der Waals surface area contributed by atoms with E-state index in [2.05, 4.69) is 39.1 Å². The highest BCUT2D eigenvalue weighted by Crippen LogP contribution is 2.24. The van der Waals surface area contributed by atoms with Gasteiger partial charge in [-0.2, -0.15) is 5.10 Å². The van der Waals surface area contributed by atoms with Crippen molar-refractivity contribution in [2.24, 2.45) is 5.92 Å². The normalized spacial score (nSPS) is 12.5. The first-order valence-corrected chi connectivity index (χ1v) is 9.73. The summed E-state index contributed by atoms with van der Waals surface area (Å²) in [5.74, 6) is 0.535. The maximum atomic E-state index is 10.9. The van der Waals surface area contributed by atoms with Gasteiger partial charge in [0.25, 0.3) is 0 Å². The second kappa shape index (κ2) is 8.46. The van der Waals surface area contributed by atoms with Gasteiger partial charge in [0, 0.05) is 18.1 Å². The molecule has 0 saturated carbocycles. The van der Waals surface area contributed by atoms with Crippen LogP contribution in [0.25, 0.3) is 10.9 Å². The third kappa shape index (κ3) is 4.91. The smallest absolute Gasteiger partial charge is 0.303 e. The van der Waals surface area contributed by atoms with E-state index in [0.29, 0.717) is 12.5 Å². The lowest BCUT2D eigenvalue weighted by Gasteiger charge is -2.11. The van der Waals surface area contributed by atoms with E-state index in [1.165, 1.54) is 0 Å². The summed E-state index contributed by atoms with van der Waals surface area (Å²) in [5.41, 5.74) is 4.31. The van der Waals surface area contributed by atoms with E-state index in [-0.39, 0.29) is 12.3 Å². The minimum absolute atomic E-state index is 0.0148. The topological polar surface area (TPSA) is 64.3 Å². The van der Waals surface area contributed by atoms with Crippen molar-refractivity contribution in [1.82, 2.24) is 9.78 Å². The minimum Gasteiger partial charge on any atom is -0.489 e. The predicted octanol–water partition coefficient (Wildman–Crippen LogP) is 5.16. The lowest BCUT2D eigenvalue weighted by molar-refractivity contribution is -0.137. The zero-order valence-electron chi connectivity index (χ0n) is 17.0. The zero-order valence-corrected chi connectivity index (χ0v) is 17.0. The first-order valence-electron chi connectivity index (χ1n) is 9.73. The highest BCUT2D eigenvalue weighted by atomic mass is 16.5. The van der Waals surface area contributed by atoms with Gasteiger partial charge in [0.2, 0.25) is 0 Å². The molecule has 28 heavy (non-hydrogen) atoms. The summed E-state index contributed by atoms with van der Waals surface area (Å²) in [6.45, 7) is 9.76. The van der Waals surface area contributed by atoms with Crippen molar-refractivity contribution >= 4 is 16.9 Å². The molecule has 2 aromatic carbocycles. The fourth-order valence-corrected chi connectivity index (χ4v) is 3.43. The molecule has 0 amide bonds. The number of hydrogen-bond donors (Lipinski definition) is 1. The Morgan fingerprint density at radius 3 is 2.54 bits per heavy atom. The van der Waals surface area contributed by atoms with Crippen molar-refractivity contribution in [2.75, 3.05) is 0 Å². The lowest BCUT2D eigenvalue weighted by atomic mass is 9.98. The van der Waals surface area contributed by atoms with Crippen LogP contribution in [0.3, 0.4) is 0 Å². The number of aromatic nitrogens is 2. The third-order valence-corrected chi connectivity index (χ3v) is 4.79. The molecule has 3 aromatic rings. The van der Waals surface area contributed by atoms with E-state index in [1.54, 1.807) is 0 Å². The number of carbonyl (C=O) groups is 1. The number of aryl methyl sites for hydroxylation is 1. The molecule has 0 aliphatic carbocycles. The number of hydrogen-bond acceptors (Lipinski definition) is 3. The Bertz CT molecular complexity index is 958. The van der Waals surface area contributed by atoms with Crippen molar-refractivity contribution in [3.63, 3.8) is 0 Å². The number of ether oxygens (including phenoxy) is 1. The minimum atomic E-state index is -0.782. The standard InChI is InChI=1S/C23H28N2O3/c1-15(2)12-25-13-20-11-18(9-17(4)23(20)24-25)14-28-21-7-5-19(6-8-21)16(3)10-22(26)27/h5-9,11,13,15-16H,10,12,14H2,1-4H3,(H,26,27). The average Bonchev–Trinajstić information content (AvgIpc) is 3.02. The van der Waals surface area contributed by atoms with E-state index in [4.69, 9.17) is 14.9 Å². The molecular formula is C23H28N2O3. The molecule has 0 bridgehead atoms. The second-order valence-electron chi connectivity index (χ2n) is 7.95. The van der Waals surface area contributed by atoms with Gasteiger partial charge >= 0.3 is 5.97 Å². The van der Waals surface area contributed by atoms with Gasteiger partial charge in [-0.1, -0.05) is 39.0 Å². The van der Waals surface area contributed by atoms with Crippen molar-refractivity contribution in [3.8, 4) is 5.75 Å². The van der Waals surface area contributed by atoms with Crippen LogP contribution in [-0.2, 0) is 17.9 Å².